The Morgan fingerprint density at radius 2 is 1.93 bits per heavy atom. The molecule has 1 atom stereocenters. The van der Waals surface area contributed by atoms with E-state index in [-0.39, 0.29) is 17.7 Å². The van der Waals surface area contributed by atoms with Crippen LogP contribution in [0.15, 0.2) is 40.2 Å². The molecule has 0 saturated heterocycles. The third kappa shape index (κ3) is 6.97. The van der Waals surface area contributed by atoms with Gasteiger partial charge < -0.3 is 10.6 Å². The maximum Gasteiger partial charge on any atom is 0.252 e. The summed E-state index contributed by atoms with van der Waals surface area (Å²) in [5, 5.41) is 5.83. The highest BCUT2D eigenvalue weighted by atomic mass is 79.9. The Kier molecular flexibility index (Phi) is 8.86. The summed E-state index contributed by atoms with van der Waals surface area (Å²) in [6, 6.07) is 11.0. The van der Waals surface area contributed by atoms with Crippen LogP contribution in [0.4, 0.5) is 0 Å². The molecule has 2 N–H and O–H groups in total. The van der Waals surface area contributed by atoms with Crippen molar-refractivity contribution in [1.82, 2.24) is 10.6 Å². The first kappa shape index (κ1) is 22.0. The third-order valence-electron chi connectivity index (χ3n) is 4.04. The zero-order valence-corrected chi connectivity index (χ0v) is 19.0. The first-order valence-electron chi connectivity index (χ1n) is 8.84. The van der Waals surface area contributed by atoms with Crippen LogP contribution < -0.4 is 10.6 Å². The lowest BCUT2D eigenvalue weighted by atomic mass is 10.0. The summed E-state index contributed by atoms with van der Waals surface area (Å²) in [5.41, 5.74) is 1.50. The van der Waals surface area contributed by atoms with E-state index in [1.165, 1.54) is 4.88 Å². The van der Waals surface area contributed by atoms with Crippen LogP contribution in [-0.2, 0) is 10.5 Å². The van der Waals surface area contributed by atoms with Crippen molar-refractivity contribution in [3.63, 3.8) is 0 Å². The van der Waals surface area contributed by atoms with E-state index in [2.05, 4.69) is 32.6 Å². The van der Waals surface area contributed by atoms with Gasteiger partial charge in [-0.25, -0.2) is 0 Å². The molecule has 1 aromatic carbocycles. The molecule has 0 aliphatic carbocycles. The molecule has 0 aliphatic rings. The van der Waals surface area contributed by atoms with Crippen LogP contribution in [0.25, 0.3) is 0 Å². The van der Waals surface area contributed by atoms with Crippen molar-refractivity contribution >= 4 is 50.8 Å². The summed E-state index contributed by atoms with van der Waals surface area (Å²) in [6.45, 7) is 6.35. The van der Waals surface area contributed by atoms with Crippen molar-refractivity contribution in [2.24, 2.45) is 5.92 Å². The fourth-order valence-electron chi connectivity index (χ4n) is 2.54. The zero-order chi connectivity index (χ0) is 19.8. The van der Waals surface area contributed by atoms with Gasteiger partial charge >= 0.3 is 0 Å². The lowest BCUT2D eigenvalue weighted by Crippen LogP contribution is -2.50. The predicted molar refractivity (Wildman–Crippen MR) is 118 cm³/mol. The number of carbonyl (C=O) groups is 2. The second-order valence-electron chi connectivity index (χ2n) is 6.56. The van der Waals surface area contributed by atoms with E-state index in [1.54, 1.807) is 29.2 Å². The Balaban J connectivity index is 1.80. The quantitative estimate of drug-likeness (QED) is 0.527. The predicted octanol–water partition coefficient (Wildman–Crippen LogP) is 4.62. The minimum atomic E-state index is -0.546. The molecule has 1 heterocycles. The van der Waals surface area contributed by atoms with E-state index in [9.17, 15) is 9.59 Å². The van der Waals surface area contributed by atoms with Gasteiger partial charge in [0.15, 0.2) is 0 Å². The maximum atomic E-state index is 12.5. The standard InChI is InChI=1S/C20H25BrN2O2S2/c1-13(2)18(23-19(24)16-7-5-4-6-14(16)3)20(25)22-10-11-26-12-15-8-9-17(21)27-15/h4-9,13,18H,10-12H2,1-3H3,(H,22,25)(H,23,24). The summed E-state index contributed by atoms with van der Waals surface area (Å²) in [5.74, 6) is 1.43. The molecule has 2 rings (SSSR count). The number of thioether (sulfide) groups is 1. The number of nitrogens with one attached hydrogen (secondary N) is 2. The molecule has 0 saturated carbocycles. The lowest BCUT2D eigenvalue weighted by Gasteiger charge is -2.22. The average molecular weight is 469 g/mol. The average Bonchev–Trinajstić information content (AvgIpc) is 3.04. The third-order valence-corrected chi connectivity index (χ3v) is 6.86. The van der Waals surface area contributed by atoms with Crippen molar-refractivity contribution in [2.45, 2.75) is 32.6 Å². The highest BCUT2D eigenvalue weighted by Crippen LogP contribution is 2.25. The van der Waals surface area contributed by atoms with Crippen LogP contribution in [0.3, 0.4) is 0 Å². The molecular formula is C20H25BrN2O2S2. The van der Waals surface area contributed by atoms with Gasteiger partial charge in [0.25, 0.3) is 5.91 Å². The topological polar surface area (TPSA) is 58.2 Å². The van der Waals surface area contributed by atoms with Crippen LogP contribution in [0.5, 0.6) is 0 Å². The van der Waals surface area contributed by atoms with Crippen LogP contribution in [0.2, 0.25) is 0 Å². The SMILES string of the molecule is Cc1ccccc1C(=O)NC(C(=O)NCCSCc1ccc(Br)s1)C(C)C. The molecule has 4 nitrogen and oxygen atoms in total. The highest BCUT2D eigenvalue weighted by molar-refractivity contribution is 9.11. The summed E-state index contributed by atoms with van der Waals surface area (Å²) in [6.07, 6.45) is 0. The number of amides is 2. The fraction of sp³-hybridized carbons (Fsp3) is 0.400. The van der Waals surface area contributed by atoms with Gasteiger partial charge in [-0.05, 0) is 52.5 Å². The van der Waals surface area contributed by atoms with Crippen molar-refractivity contribution in [3.05, 3.63) is 56.2 Å². The van der Waals surface area contributed by atoms with E-state index >= 15 is 0 Å². The summed E-state index contributed by atoms with van der Waals surface area (Å²) in [4.78, 5) is 26.4. The minimum Gasteiger partial charge on any atom is -0.353 e. The molecule has 0 bridgehead atoms. The Hall–Kier alpha value is -1.31. The van der Waals surface area contributed by atoms with Crippen LogP contribution in [-0.4, -0.2) is 30.2 Å². The van der Waals surface area contributed by atoms with E-state index in [1.807, 2.05) is 45.0 Å². The smallest absolute Gasteiger partial charge is 0.252 e. The van der Waals surface area contributed by atoms with Gasteiger partial charge in [0.05, 0.1) is 3.79 Å². The van der Waals surface area contributed by atoms with Crippen LogP contribution in [0.1, 0.15) is 34.6 Å². The molecule has 0 aliphatic heterocycles. The van der Waals surface area contributed by atoms with Crippen LogP contribution in [0, 0.1) is 12.8 Å². The molecule has 0 fully saturated rings. The van der Waals surface area contributed by atoms with E-state index < -0.39 is 6.04 Å². The van der Waals surface area contributed by atoms with Crippen molar-refractivity contribution < 1.29 is 9.59 Å². The minimum absolute atomic E-state index is 0.00842. The summed E-state index contributed by atoms with van der Waals surface area (Å²) < 4.78 is 1.13. The molecule has 0 spiro atoms. The normalized spacial score (nSPS) is 12.0. The highest BCUT2D eigenvalue weighted by Gasteiger charge is 2.24. The number of benzene rings is 1. The second kappa shape index (κ2) is 10.9. The Labute approximate surface area is 177 Å². The molecule has 1 unspecified atom stereocenters. The van der Waals surface area contributed by atoms with Gasteiger partial charge in [0.1, 0.15) is 6.04 Å². The molecule has 0 radical (unpaired) electrons. The monoisotopic (exact) mass is 468 g/mol. The van der Waals surface area contributed by atoms with E-state index in [0.29, 0.717) is 12.1 Å². The number of hydrogen-bond acceptors (Lipinski definition) is 4. The summed E-state index contributed by atoms with van der Waals surface area (Å²) in [7, 11) is 0. The van der Waals surface area contributed by atoms with Gasteiger partial charge in [0, 0.05) is 28.5 Å². The van der Waals surface area contributed by atoms with Crippen molar-refractivity contribution in [2.75, 3.05) is 12.3 Å². The molecule has 2 amide bonds. The molecule has 1 aromatic heterocycles. The number of aryl methyl sites for hydroxylation is 1. The number of thiophene rings is 1. The maximum absolute atomic E-state index is 12.5. The summed E-state index contributed by atoms with van der Waals surface area (Å²) >= 11 is 6.97. The van der Waals surface area contributed by atoms with Crippen molar-refractivity contribution in [3.8, 4) is 0 Å². The molecule has 27 heavy (non-hydrogen) atoms. The molecular weight excluding hydrogens is 444 g/mol. The Morgan fingerprint density at radius 3 is 2.56 bits per heavy atom. The largest absolute Gasteiger partial charge is 0.353 e. The number of hydrogen-bond donors (Lipinski definition) is 2. The fourth-order valence-corrected chi connectivity index (χ4v) is 4.99. The van der Waals surface area contributed by atoms with Gasteiger partial charge in [-0.1, -0.05) is 32.0 Å². The number of carbonyl (C=O) groups excluding carboxylic acids is 2. The number of halogens is 1. The van der Waals surface area contributed by atoms with Gasteiger partial charge in [0.2, 0.25) is 5.91 Å². The van der Waals surface area contributed by atoms with Gasteiger partial charge in [-0.2, -0.15) is 11.8 Å². The molecule has 7 heteroatoms. The van der Waals surface area contributed by atoms with Gasteiger partial charge in [-0.15, -0.1) is 11.3 Å². The zero-order valence-electron chi connectivity index (χ0n) is 15.8. The molecule has 2 aromatic rings. The van der Waals surface area contributed by atoms with E-state index in [0.717, 1.165) is 20.9 Å². The van der Waals surface area contributed by atoms with Crippen LogP contribution >= 0.6 is 39.0 Å². The number of rotatable bonds is 9. The van der Waals surface area contributed by atoms with Gasteiger partial charge in [-0.3, -0.25) is 9.59 Å². The van der Waals surface area contributed by atoms with E-state index in [4.69, 9.17) is 0 Å². The first-order valence-corrected chi connectivity index (χ1v) is 11.6. The van der Waals surface area contributed by atoms with Crippen molar-refractivity contribution in [1.29, 1.82) is 0 Å². The lowest BCUT2D eigenvalue weighted by molar-refractivity contribution is -0.123. The Bertz CT molecular complexity index is 777. The molecule has 146 valence electrons. The Morgan fingerprint density at radius 1 is 1.19 bits per heavy atom. The first-order chi connectivity index (χ1) is 12.9. The second-order valence-corrected chi connectivity index (χ2v) is 10.2.